The lowest BCUT2D eigenvalue weighted by atomic mass is 9.89. The molecule has 4 nitrogen and oxygen atoms in total. The molecule has 0 aromatic carbocycles. The Hall–Kier alpha value is -2.33. The molecular weight excluding hydrogens is 356 g/mol. The van der Waals surface area contributed by atoms with Crippen LogP contribution in [0.25, 0.3) is 0 Å². The van der Waals surface area contributed by atoms with Gasteiger partial charge in [-0.1, -0.05) is 25.1 Å². The molecule has 1 aliphatic heterocycles. The quantitative estimate of drug-likeness (QED) is 0.605. The van der Waals surface area contributed by atoms with Gasteiger partial charge in [0.05, 0.1) is 23.5 Å². The van der Waals surface area contributed by atoms with Crippen molar-refractivity contribution in [2.24, 2.45) is 4.99 Å². The summed E-state index contributed by atoms with van der Waals surface area (Å²) >= 11 is 0. The first-order valence-corrected chi connectivity index (χ1v) is 10.8. The summed E-state index contributed by atoms with van der Waals surface area (Å²) in [5.41, 5.74) is 7.12. The molecule has 1 fully saturated rings. The molecule has 1 saturated heterocycles. The van der Waals surface area contributed by atoms with Crippen LogP contribution in [0.5, 0.6) is 0 Å². The van der Waals surface area contributed by atoms with Crippen molar-refractivity contribution in [2.75, 3.05) is 14.1 Å². The smallest absolute Gasteiger partial charge is 0.0608 e. The lowest BCUT2D eigenvalue weighted by molar-refractivity contribution is 0.108. The molecule has 3 rings (SSSR count). The van der Waals surface area contributed by atoms with Crippen molar-refractivity contribution in [3.8, 4) is 0 Å². The monoisotopic (exact) mass is 390 g/mol. The normalized spacial score (nSPS) is 21.1. The highest BCUT2D eigenvalue weighted by Gasteiger charge is 2.32. The number of likely N-dealkylation sites (tertiary alicyclic amines) is 1. The molecule has 1 aliphatic rings. The van der Waals surface area contributed by atoms with Gasteiger partial charge in [-0.3, -0.25) is 19.9 Å². The molecule has 0 spiro atoms. The van der Waals surface area contributed by atoms with E-state index >= 15 is 0 Å². The Kier molecular flexibility index (Phi) is 7.32. The third-order valence-corrected chi connectivity index (χ3v) is 6.01. The van der Waals surface area contributed by atoms with E-state index < -0.39 is 0 Å². The van der Waals surface area contributed by atoms with Crippen LogP contribution in [0, 0.1) is 13.8 Å². The first kappa shape index (κ1) is 21.4. The summed E-state index contributed by atoms with van der Waals surface area (Å²) in [4.78, 5) is 16.8. The van der Waals surface area contributed by atoms with Gasteiger partial charge in [0.2, 0.25) is 0 Å². The number of hydrogen-bond acceptors (Lipinski definition) is 4. The average molecular weight is 391 g/mol. The molecule has 0 N–H and O–H groups in total. The molecule has 0 amide bonds. The van der Waals surface area contributed by atoms with Gasteiger partial charge in [-0.05, 0) is 75.9 Å². The first-order chi connectivity index (χ1) is 14.0. The van der Waals surface area contributed by atoms with Gasteiger partial charge >= 0.3 is 0 Å². The maximum absolute atomic E-state index is 5.12. The van der Waals surface area contributed by atoms with Crippen molar-refractivity contribution in [1.29, 1.82) is 0 Å². The highest BCUT2D eigenvalue weighted by atomic mass is 15.2. The van der Waals surface area contributed by atoms with Crippen molar-refractivity contribution in [2.45, 2.75) is 65.0 Å². The van der Waals surface area contributed by atoms with Crippen LogP contribution >= 0.6 is 0 Å². The zero-order chi connectivity index (χ0) is 20.8. The van der Waals surface area contributed by atoms with Crippen molar-refractivity contribution >= 4 is 5.71 Å². The van der Waals surface area contributed by atoms with Crippen molar-refractivity contribution in [3.05, 3.63) is 70.8 Å². The molecule has 0 aliphatic carbocycles. The van der Waals surface area contributed by atoms with Crippen LogP contribution in [0.3, 0.4) is 0 Å². The van der Waals surface area contributed by atoms with Crippen LogP contribution in [0.1, 0.15) is 72.9 Å². The van der Waals surface area contributed by atoms with Gasteiger partial charge in [-0.25, -0.2) is 0 Å². The van der Waals surface area contributed by atoms with Gasteiger partial charge < -0.3 is 0 Å². The number of pyridine rings is 2. The molecule has 2 atom stereocenters. The Bertz CT molecular complexity index is 884. The Morgan fingerprint density at radius 3 is 2.55 bits per heavy atom. The number of piperidine rings is 1. The molecule has 2 aromatic heterocycles. The third-order valence-electron chi connectivity index (χ3n) is 6.01. The fourth-order valence-corrected chi connectivity index (χ4v) is 4.31. The van der Waals surface area contributed by atoms with Gasteiger partial charge in [-0.15, -0.1) is 0 Å². The van der Waals surface area contributed by atoms with E-state index in [0.717, 1.165) is 37.1 Å². The lowest BCUT2D eigenvalue weighted by Crippen LogP contribution is -2.35. The van der Waals surface area contributed by atoms with E-state index in [1.807, 2.05) is 19.3 Å². The minimum Gasteiger partial charge on any atom is -0.293 e. The molecule has 4 heteroatoms. The first-order valence-electron chi connectivity index (χ1n) is 10.8. The van der Waals surface area contributed by atoms with E-state index in [-0.39, 0.29) is 0 Å². The van der Waals surface area contributed by atoms with Gasteiger partial charge in [-0.2, -0.15) is 0 Å². The molecule has 3 heterocycles. The SMILES string of the molecule is CC/C=C\C(Cc1ccc(C)c(C2CCCC(c3ncccc3C)N2C)n1)=NC. The highest BCUT2D eigenvalue weighted by molar-refractivity contribution is 5.96. The van der Waals surface area contributed by atoms with Gasteiger partial charge in [0.1, 0.15) is 0 Å². The fourth-order valence-electron chi connectivity index (χ4n) is 4.31. The number of aromatic nitrogens is 2. The molecule has 0 radical (unpaired) electrons. The molecule has 29 heavy (non-hydrogen) atoms. The van der Waals surface area contributed by atoms with Crippen LogP contribution in [0.2, 0.25) is 0 Å². The minimum atomic E-state index is 0.323. The molecular formula is C25H34N4. The molecule has 2 unspecified atom stereocenters. The van der Waals surface area contributed by atoms with Gasteiger partial charge in [0.25, 0.3) is 0 Å². The Morgan fingerprint density at radius 1 is 1.14 bits per heavy atom. The van der Waals surface area contributed by atoms with E-state index in [4.69, 9.17) is 9.97 Å². The summed E-state index contributed by atoms with van der Waals surface area (Å²) in [7, 11) is 4.10. The van der Waals surface area contributed by atoms with Gasteiger partial charge in [0.15, 0.2) is 0 Å². The summed E-state index contributed by atoms with van der Waals surface area (Å²) in [5, 5.41) is 0. The predicted molar refractivity (Wildman–Crippen MR) is 122 cm³/mol. The average Bonchev–Trinajstić information content (AvgIpc) is 2.73. The number of aryl methyl sites for hydroxylation is 2. The van der Waals surface area contributed by atoms with E-state index in [2.05, 4.69) is 68.1 Å². The lowest BCUT2D eigenvalue weighted by Gasteiger charge is -2.40. The second-order valence-electron chi connectivity index (χ2n) is 8.04. The predicted octanol–water partition coefficient (Wildman–Crippen LogP) is 5.57. The van der Waals surface area contributed by atoms with E-state index in [1.165, 1.54) is 28.9 Å². The maximum Gasteiger partial charge on any atom is 0.0608 e. The van der Waals surface area contributed by atoms with Crippen LogP contribution < -0.4 is 0 Å². The number of hydrogen-bond donors (Lipinski definition) is 0. The third kappa shape index (κ3) is 4.99. The molecule has 2 aromatic rings. The molecule has 154 valence electrons. The number of rotatable bonds is 6. The highest BCUT2D eigenvalue weighted by Crippen LogP contribution is 2.40. The van der Waals surface area contributed by atoms with E-state index in [0.29, 0.717) is 12.1 Å². The summed E-state index contributed by atoms with van der Waals surface area (Å²) in [6.45, 7) is 6.49. The summed E-state index contributed by atoms with van der Waals surface area (Å²) < 4.78 is 0. The Balaban J connectivity index is 1.87. The number of allylic oxidation sites excluding steroid dienone is 2. The maximum atomic E-state index is 5.12. The van der Waals surface area contributed by atoms with E-state index in [1.54, 1.807) is 0 Å². The van der Waals surface area contributed by atoms with Crippen LogP contribution in [0.15, 0.2) is 47.6 Å². The van der Waals surface area contributed by atoms with Crippen molar-refractivity contribution < 1.29 is 0 Å². The minimum absolute atomic E-state index is 0.323. The summed E-state index contributed by atoms with van der Waals surface area (Å²) in [6.07, 6.45) is 11.5. The zero-order valence-corrected chi connectivity index (χ0v) is 18.5. The van der Waals surface area contributed by atoms with Crippen LogP contribution in [-0.4, -0.2) is 34.7 Å². The Labute approximate surface area is 175 Å². The zero-order valence-electron chi connectivity index (χ0n) is 18.5. The fraction of sp³-hybridized carbons (Fsp3) is 0.480. The molecule has 0 saturated carbocycles. The largest absolute Gasteiger partial charge is 0.293 e. The standard InChI is InChI=1S/C25H34N4/c1-6-7-11-20(26-4)17-21-15-14-19(3)25(28-21)23-13-8-12-22(29(23)5)24-18(2)10-9-16-27-24/h7,9-11,14-16,22-23H,6,8,12-13,17H2,1-5H3/b11-7-,26-20?. The van der Waals surface area contributed by atoms with E-state index in [9.17, 15) is 0 Å². The van der Waals surface area contributed by atoms with Crippen molar-refractivity contribution in [1.82, 2.24) is 14.9 Å². The Morgan fingerprint density at radius 2 is 1.86 bits per heavy atom. The second kappa shape index (κ2) is 9.93. The number of nitrogens with zero attached hydrogens (tertiary/aromatic N) is 4. The van der Waals surface area contributed by atoms with Crippen LogP contribution in [-0.2, 0) is 6.42 Å². The summed E-state index contributed by atoms with van der Waals surface area (Å²) in [6, 6.07) is 9.22. The van der Waals surface area contributed by atoms with Gasteiger partial charge in [0, 0.05) is 31.1 Å². The summed E-state index contributed by atoms with van der Waals surface area (Å²) in [5.74, 6) is 0. The number of aliphatic imine (C=N–C) groups is 1. The van der Waals surface area contributed by atoms with Crippen LogP contribution in [0.4, 0.5) is 0 Å². The topological polar surface area (TPSA) is 41.4 Å². The second-order valence-corrected chi connectivity index (χ2v) is 8.04. The molecule has 0 bridgehead atoms. The van der Waals surface area contributed by atoms with Crippen molar-refractivity contribution in [3.63, 3.8) is 0 Å².